The third kappa shape index (κ3) is 7.69. The number of hydrogen-bond acceptors (Lipinski definition) is 4. The standard InChI is InChI=1S/C31H39N3O4S/c1-6-19-32-31(36)25(5)33(21-26-12-10-11-24(4)20-26)30(35)22-34(28-17-15-27(16-18-28)23(2)3)39(37,38)29-13-8-7-9-14-29/h7-18,20,23,25H,6,19,21-22H2,1-5H3,(H,32,36). The van der Waals surface area contributed by atoms with Gasteiger partial charge in [0.1, 0.15) is 12.6 Å². The summed E-state index contributed by atoms with van der Waals surface area (Å²) < 4.78 is 28.8. The number of sulfonamides is 1. The largest absolute Gasteiger partial charge is 0.354 e. The van der Waals surface area contributed by atoms with Crippen LogP contribution in [0.25, 0.3) is 0 Å². The molecule has 3 aromatic rings. The van der Waals surface area contributed by atoms with Crippen molar-refractivity contribution in [1.29, 1.82) is 0 Å². The second-order valence-electron chi connectivity index (χ2n) is 10.0. The lowest BCUT2D eigenvalue weighted by Gasteiger charge is -2.32. The second-order valence-corrected chi connectivity index (χ2v) is 11.9. The molecule has 1 unspecified atom stereocenters. The number of carbonyl (C=O) groups is 2. The van der Waals surface area contributed by atoms with Crippen LogP contribution < -0.4 is 9.62 Å². The van der Waals surface area contributed by atoms with Crippen LogP contribution in [-0.2, 0) is 26.2 Å². The first-order chi connectivity index (χ1) is 18.5. The number of rotatable bonds is 12. The van der Waals surface area contributed by atoms with Gasteiger partial charge in [0.15, 0.2) is 0 Å². The van der Waals surface area contributed by atoms with Crippen molar-refractivity contribution in [2.45, 2.75) is 64.4 Å². The van der Waals surface area contributed by atoms with Crippen LogP contribution in [0.2, 0.25) is 0 Å². The van der Waals surface area contributed by atoms with Gasteiger partial charge in [0.25, 0.3) is 10.0 Å². The minimum Gasteiger partial charge on any atom is -0.354 e. The molecule has 0 fully saturated rings. The zero-order valence-electron chi connectivity index (χ0n) is 23.4. The normalized spacial score (nSPS) is 12.2. The van der Waals surface area contributed by atoms with Crippen LogP contribution in [0.15, 0.2) is 83.8 Å². The fraction of sp³-hybridized carbons (Fsp3) is 0.355. The summed E-state index contributed by atoms with van der Waals surface area (Å²) in [6.07, 6.45) is 0.764. The summed E-state index contributed by atoms with van der Waals surface area (Å²) in [4.78, 5) is 28.4. The summed E-state index contributed by atoms with van der Waals surface area (Å²) in [6, 6.07) is 22.2. The Kier molecular flexibility index (Phi) is 10.3. The van der Waals surface area contributed by atoms with E-state index in [1.807, 2.05) is 50.2 Å². The van der Waals surface area contributed by atoms with E-state index in [9.17, 15) is 18.0 Å². The number of hydrogen-bond donors (Lipinski definition) is 1. The first-order valence-corrected chi connectivity index (χ1v) is 14.8. The van der Waals surface area contributed by atoms with Crippen LogP contribution in [-0.4, -0.2) is 44.3 Å². The topological polar surface area (TPSA) is 86.8 Å². The number of benzene rings is 3. The van der Waals surface area contributed by atoms with Gasteiger partial charge in [0, 0.05) is 13.1 Å². The van der Waals surface area contributed by atoms with E-state index in [2.05, 4.69) is 19.2 Å². The zero-order chi connectivity index (χ0) is 28.6. The molecular formula is C31H39N3O4S. The average Bonchev–Trinajstić information content (AvgIpc) is 2.93. The average molecular weight is 550 g/mol. The Morgan fingerprint density at radius 3 is 2.15 bits per heavy atom. The lowest BCUT2D eigenvalue weighted by molar-refractivity contribution is -0.139. The maximum absolute atomic E-state index is 13.9. The van der Waals surface area contributed by atoms with Gasteiger partial charge in [-0.3, -0.25) is 13.9 Å². The maximum Gasteiger partial charge on any atom is 0.264 e. The molecule has 3 rings (SSSR count). The molecule has 0 aliphatic heterocycles. The van der Waals surface area contributed by atoms with E-state index < -0.39 is 28.5 Å². The van der Waals surface area contributed by atoms with Crippen molar-refractivity contribution in [2.24, 2.45) is 0 Å². The van der Waals surface area contributed by atoms with Crippen LogP contribution in [0, 0.1) is 6.92 Å². The molecule has 0 heterocycles. The Labute approximate surface area is 232 Å². The van der Waals surface area contributed by atoms with Crippen LogP contribution in [0.4, 0.5) is 5.69 Å². The molecule has 1 N–H and O–H groups in total. The van der Waals surface area contributed by atoms with Gasteiger partial charge in [0.05, 0.1) is 10.6 Å². The molecule has 1 atom stereocenters. The molecule has 2 amide bonds. The molecule has 0 aromatic heterocycles. The van der Waals surface area contributed by atoms with Crippen LogP contribution in [0.1, 0.15) is 56.7 Å². The number of anilines is 1. The quantitative estimate of drug-likeness (QED) is 0.334. The van der Waals surface area contributed by atoms with Gasteiger partial charge in [-0.05, 0) is 61.6 Å². The van der Waals surface area contributed by atoms with Gasteiger partial charge in [0.2, 0.25) is 11.8 Å². The molecule has 8 heteroatoms. The summed E-state index contributed by atoms with van der Waals surface area (Å²) in [5.41, 5.74) is 3.33. The summed E-state index contributed by atoms with van der Waals surface area (Å²) in [5.74, 6) is -0.480. The SMILES string of the molecule is CCCNC(=O)C(C)N(Cc1cccc(C)c1)C(=O)CN(c1ccc(C(C)C)cc1)S(=O)(=O)c1ccccc1. The smallest absolute Gasteiger partial charge is 0.264 e. The molecule has 39 heavy (non-hydrogen) atoms. The van der Waals surface area contributed by atoms with Gasteiger partial charge in [-0.2, -0.15) is 0 Å². The van der Waals surface area contributed by atoms with Crippen LogP contribution >= 0.6 is 0 Å². The van der Waals surface area contributed by atoms with E-state index >= 15 is 0 Å². The summed E-state index contributed by atoms with van der Waals surface area (Å²) in [7, 11) is -4.07. The number of aryl methyl sites for hydroxylation is 1. The number of nitrogens with zero attached hydrogens (tertiary/aromatic N) is 2. The molecule has 0 aliphatic carbocycles. The zero-order valence-corrected chi connectivity index (χ0v) is 24.2. The molecule has 7 nitrogen and oxygen atoms in total. The Balaban J connectivity index is 2.02. The lowest BCUT2D eigenvalue weighted by atomic mass is 10.0. The highest BCUT2D eigenvalue weighted by Crippen LogP contribution is 2.26. The molecule has 208 valence electrons. The molecule has 0 saturated carbocycles. The number of amides is 2. The second kappa shape index (κ2) is 13.4. The first-order valence-electron chi connectivity index (χ1n) is 13.3. The van der Waals surface area contributed by atoms with Gasteiger partial charge in [-0.15, -0.1) is 0 Å². The highest BCUT2D eigenvalue weighted by molar-refractivity contribution is 7.92. The van der Waals surface area contributed by atoms with Crippen molar-refractivity contribution < 1.29 is 18.0 Å². The summed E-state index contributed by atoms with van der Waals surface area (Å²) >= 11 is 0. The molecule has 0 saturated heterocycles. The third-order valence-electron chi connectivity index (χ3n) is 6.61. The van der Waals surface area contributed by atoms with Gasteiger partial charge in [-0.1, -0.05) is 80.9 Å². The van der Waals surface area contributed by atoms with E-state index in [4.69, 9.17) is 0 Å². The third-order valence-corrected chi connectivity index (χ3v) is 8.40. The number of carbonyl (C=O) groups excluding carboxylic acids is 2. The van der Waals surface area contributed by atoms with Crippen molar-refractivity contribution in [3.63, 3.8) is 0 Å². The summed E-state index contributed by atoms with van der Waals surface area (Å²) in [6.45, 7) is 9.93. The molecule has 0 bridgehead atoms. The molecule has 0 aliphatic rings. The monoisotopic (exact) mass is 549 g/mol. The molecular weight excluding hydrogens is 510 g/mol. The van der Waals surface area contributed by atoms with E-state index in [-0.39, 0.29) is 23.3 Å². The predicted octanol–water partition coefficient (Wildman–Crippen LogP) is 5.26. The van der Waals surface area contributed by atoms with Gasteiger partial charge < -0.3 is 10.2 Å². The Hall–Kier alpha value is -3.65. The lowest BCUT2D eigenvalue weighted by Crippen LogP contribution is -2.51. The van der Waals surface area contributed by atoms with Crippen LogP contribution in [0.5, 0.6) is 0 Å². The van der Waals surface area contributed by atoms with Crippen molar-refractivity contribution >= 4 is 27.5 Å². The highest BCUT2D eigenvalue weighted by atomic mass is 32.2. The Bertz CT molecular complexity index is 1360. The fourth-order valence-electron chi connectivity index (χ4n) is 4.26. The van der Waals surface area contributed by atoms with Crippen molar-refractivity contribution in [1.82, 2.24) is 10.2 Å². The van der Waals surface area contributed by atoms with Gasteiger partial charge >= 0.3 is 0 Å². The van der Waals surface area contributed by atoms with E-state index in [0.29, 0.717) is 12.2 Å². The molecule has 0 spiro atoms. The predicted molar refractivity (Wildman–Crippen MR) is 156 cm³/mol. The number of nitrogens with one attached hydrogen (secondary N) is 1. The molecule has 0 radical (unpaired) electrons. The van der Waals surface area contributed by atoms with E-state index in [1.165, 1.54) is 17.0 Å². The Morgan fingerprint density at radius 2 is 1.56 bits per heavy atom. The van der Waals surface area contributed by atoms with E-state index in [0.717, 1.165) is 27.4 Å². The van der Waals surface area contributed by atoms with Gasteiger partial charge in [-0.25, -0.2) is 8.42 Å². The minimum atomic E-state index is -4.07. The summed E-state index contributed by atoms with van der Waals surface area (Å²) in [5, 5.41) is 2.86. The van der Waals surface area contributed by atoms with Crippen molar-refractivity contribution in [3.05, 3.63) is 95.6 Å². The Morgan fingerprint density at radius 1 is 0.897 bits per heavy atom. The fourth-order valence-corrected chi connectivity index (χ4v) is 5.69. The highest BCUT2D eigenvalue weighted by Gasteiger charge is 2.32. The first kappa shape index (κ1) is 29.9. The van der Waals surface area contributed by atoms with Crippen molar-refractivity contribution in [2.75, 3.05) is 17.4 Å². The minimum absolute atomic E-state index is 0.0877. The van der Waals surface area contributed by atoms with Crippen LogP contribution in [0.3, 0.4) is 0 Å². The van der Waals surface area contributed by atoms with E-state index in [1.54, 1.807) is 37.3 Å². The maximum atomic E-state index is 13.9. The molecule has 3 aromatic carbocycles. The van der Waals surface area contributed by atoms with Crippen molar-refractivity contribution in [3.8, 4) is 0 Å².